The van der Waals surface area contributed by atoms with Crippen LogP contribution in [0.4, 0.5) is 11.4 Å². The van der Waals surface area contributed by atoms with Gasteiger partial charge in [-0.15, -0.1) is 0 Å². The van der Waals surface area contributed by atoms with Gasteiger partial charge in [-0.25, -0.2) is 0 Å². The molecule has 2 aromatic carbocycles. The summed E-state index contributed by atoms with van der Waals surface area (Å²) >= 11 is 0. The van der Waals surface area contributed by atoms with E-state index in [4.69, 9.17) is 4.74 Å². The molecule has 1 atom stereocenters. The van der Waals surface area contributed by atoms with E-state index in [9.17, 15) is 14.4 Å². The molecule has 0 radical (unpaired) electrons. The lowest BCUT2D eigenvalue weighted by molar-refractivity contribution is -0.125. The van der Waals surface area contributed by atoms with Gasteiger partial charge in [-0.05, 0) is 62.1 Å². The van der Waals surface area contributed by atoms with Crippen molar-refractivity contribution in [3.05, 3.63) is 53.6 Å². The summed E-state index contributed by atoms with van der Waals surface area (Å²) < 4.78 is 5.20. The highest BCUT2D eigenvalue weighted by Gasteiger charge is 2.40. The molecule has 30 heavy (non-hydrogen) atoms. The number of nitrogens with zero attached hydrogens (tertiary/aromatic N) is 2. The van der Waals surface area contributed by atoms with E-state index in [0.717, 1.165) is 18.4 Å². The van der Waals surface area contributed by atoms with Crippen LogP contribution in [0.25, 0.3) is 0 Å². The number of carbonyl (C=O) groups is 3. The molecule has 4 rings (SSSR count). The number of methoxy groups -OCH3 is 1. The van der Waals surface area contributed by atoms with Crippen molar-refractivity contribution in [2.75, 3.05) is 30.4 Å². The third kappa shape index (κ3) is 3.63. The second kappa shape index (κ2) is 8.18. The number of para-hydroxylation sites is 1. The second-order valence-corrected chi connectivity index (χ2v) is 7.68. The molecule has 7 nitrogen and oxygen atoms in total. The van der Waals surface area contributed by atoms with Crippen molar-refractivity contribution in [2.45, 2.75) is 32.2 Å². The van der Waals surface area contributed by atoms with Gasteiger partial charge in [0, 0.05) is 12.2 Å². The molecule has 2 aliphatic rings. The van der Waals surface area contributed by atoms with Crippen molar-refractivity contribution in [3.63, 3.8) is 0 Å². The molecule has 3 amide bonds. The van der Waals surface area contributed by atoms with Crippen LogP contribution < -0.4 is 15.0 Å². The Kier molecular flexibility index (Phi) is 5.44. The summed E-state index contributed by atoms with van der Waals surface area (Å²) in [6.07, 6.45) is 2.39. The van der Waals surface area contributed by atoms with E-state index in [0.29, 0.717) is 35.7 Å². The first-order valence-corrected chi connectivity index (χ1v) is 10.2. The summed E-state index contributed by atoms with van der Waals surface area (Å²) in [7, 11) is 1.59. The average Bonchev–Trinajstić information content (AvgIpc) is 2.85. The maximum absolute atomic E-state index is 13.4. The number of fused-ring (bicyclic) bond motifs is 2. The van der Waals surface area contributed by atoms with Crippen molar-refractivity contribution in [3.8, 4) is 5.75 Å². The Morgan fingerprint density at radius 3 is 2.73 bits per heavy atom. The molecule has 1 saturated heterocycles. The lowest BCUT2D eigenvalue weighted by Gasteiger charge is -2.34. The van der Waals surface area contributed by atoms with Crippen LogP contribution in [-0.4, -0.2) is 48.9 Å². The van der Waals surface area contributed by atoms with Crippen LogP contribution in [0.2, 0.25) is 0 Å². The number of piperidine rings is 1. The number of carbonyl (C=O) groups excluding carboxylic acids is 3. The first-order valence-electron chi connectivity index (χ1n) is 10.2. The average molecular weight is 407 g/mol. The summed E-state index contributed by atoms with van der Waals surface area (Å²) in [4.78, 5) is 42.4. The van der Waals surface area contributed by atoms with Crippen LogP contribution in [0.1, 0.15) is 35.2 Å². The fraction of sp³-hybridized carbons (Fsp3) is 0.348. The lowest BCUT2D eigenvalue weighted by atomic mass is 10.0. The minimum Gasteiger partial charge on any atom is -0.497 e. The molecule has 7 heteroatoms. The quantitative estimate of drug-likeness (QED) is 0.845. The maximum Gasteiger partial charge on any atom is 0.256 e. The number of aryl methyl sites for hydroxylation is 1. The van der Waals surface area contributed by atoms with Crippen molar-refractivity contribution in [2.24, 2.45) is 0 Å². The monoisotopic (exact) mass is 407 g/mol. The Hall–Kier alpha value is -3.35. The minimum atomic E-state index is -0.519. The van der Waals surface area contributed by atoms with Crippen LogP contribution in [0.5, 0.6) is 5.75 Å². The molecule has 0 aliphatic carbocycles. The number of amides is 3. The molecule has 1 N–H and O–H groups in total. The summed E-state index contributed by atoms with van der Waals surface area (Å²) in [5.41, 5.74) is 2.47. The Morgan fingerprint density at radius 1 is 1.17 bits per heavy atom. The van der Waals surface area contributed by atoms with E-state index in [-0.39, 0.29) is 24.3 Å². The number of nitrogens with one attached hydrogen (secondary N) is 1. The van der Waals surface area contributed by atoms with E-state index < -0.39 is 6.04 Å². The third-order valence-corrected chi connectivity index (χ3v) is 5.75. The van der Waals surface area contributed by atoms with Gasteiger partial charge in [-0.1, -0.05) is 12.1 Å². The van der Waals surface area contributed by atoms with E-state index in [1.54, 1.807) is 48.4 Å². The second-order valence-electron chi connectivity index (χ2n) is 7.68. The lowest BCUT2D eigenvalue weighted by Crippen LogP contribution is -2.52. The molecule has 0 saturated carbocycles. The number of hydrogen-bond donors (Lipinski definition) is 1. The molecule has 2 aliphatic heterocycles. The number of ether oxygens (including phenoxy) is 1. The van der Waals surface area contributed by atoms with Gasteiger partial charge in [0.15, 0.2) is 0 Å². The summed E-state index contributed by atoms with van der Waals surface area (Å²) in [5.74, 6) is 0.0494. The molecular formula is C23H25N3O4. The largest absolute Gasteiger partial charge is 0.497 e. The van der Waals surface area contributed by atoms with Crippen molar-refractivity contribution in [1.29, 1.82) is 0 Å². The van der Waals surface area contributed by atoms with Gasteiger partial charge in [-0.3, -0.25) is 14.4 Å². The first kappa shape index (κ1) is 19.9. The zero-order chi connectivity index (χ0) is 21.3. The Morgan fingerprint density at radius 2 is 1.97 bits per heavy atom. The molecule has 2 aromatic rings. The van der Waals surface area contributed by atoms with Gasteiger partial charge >= 0.3 is 0 Å². The number of benzene rings is 2. The molecule has 0 spiro atoms. The van der Waals surface area contributed by atoms with E-state index in [2.05, 4.69) is 5.32 Å². The number of anilines is 2. The molecule has 0 bridgehead atoms. The molecular weight excluding hydrogens is 382 g/mol. The number of hydrogen-bond acceptors (Lipinski definition) is 4. The highest BCUT2D eigenvalue weighted by Crippen LogP contribution is 2.32. The van der Waals surface area contributed by atoms with E-state index in [1.807, 2.05) is 13.0 Å². The smallest absolute Gasteiger partial charge is 0.256 e. The molecule has 1 unspecified atom stereocenters. The first-order chi connectivity index (χ1) is 14.5. The molecule has 156 valence electrons. The highest BCUT2D eigenvalue weighted by atomic mass is 16.5. The van der Waals surface area contributed by atoms with Crippen LogP contribution >= 0.6 is 0 Å². The summed E-state index contributed by atoms with van der Waals surface area (Å²) in [6, 6.07) is 11.9. The van der Waals surface area contributed by atoms with Crippen molar-refractivity contribution >= 4 is 29.1 Å². The Balaban J connectivity index is 1.62. The zero-order valence-electron chi connectivity index (χ0n) is 17.2. The van der Waals surface area contributed by atoms with Crippen LogP contribution in [-0.2, 0) is 9.59 Å². The third-order valence-electron chi connectivity index (χ3n) is 5.75. The van der Waals surface area contributed by atoms with Gasteiger partial charge in [-0.2, -0.15) is 0 Å². The minimum absolute atomic E-state index is 0.141. The van der Waals surface area contributed by atoms with Crippen molar-refractivity contribution in [1.82, 2.24) is 4.90 Å². The van der Waals surface area contributed by atoms with Gasteiger partial charge in [0.05, 0.1) is 18.4 Å². The molecule has 2 heterocycles. The number of rotatable bonds is 4. The summed E-state index contributed by atoms with van der Waals surface area (Å²) in [5, 5.41) is 2.88. The Labute approximate surface area is 175 Å². The summed E-state index contributed by atoms with van der Waals surface area (Å²) in [6.45, 7) is 2.29. The fourth-order valence-corrected chi connectivity index (χ4v) is 4.17. The molecule has 0 aromatic heterocycles. The van der Waals surface area contributed by atoms with E-state index in [1.165, 1.54) is 4.90 Å². The normalized spacial score (nSPS) is 18.4. The van der Waals surface area contributed by atoms with Crippen LogP contribution in [0.15, 0.2) is 42.5 Å². The maximum atomic E-state index is 13.4. The predicted molar refractivity (Wildman–Crippen MR) is 114 cm³/mol. The zero-order valence-corrected chi connectivity index (χ0v) is 17.2. The fourth-order valence-electron chi connectivity index (χ4n) is 4.17. The highest BCUT2D eigenvalue weighted by molar-refractivity contribution is 6.13. The standard InChI is InChI=1S/C23H25N3O4/c1-15-13-16(30-2)10-11-18(15)24-21(27)14-26-19-8-4-3-7-17(19)22(28)25-12-6-5-9-20(25)23(26)29/h3-4,7-8,10-11,13,20H,5-6,9,12,14H2,1-2H3,(H,24,27). The van der Waals surface area contributed by atoms with Gasteiger partial charge in [0.1, 0.15) is 18.3 Å². The van der Waals surface area contributed by atoms with Crippen LogP contribution in [0, 0.1) is 6.92 Å². The van der Waals surface area contributed by atoms with E-state index >= 15 is 0 Å². The van der Waals surface area contributed by atoms with Gasteiger partial charge < -0.3 is 19.9 Å². The van der Waals surface area contributed by atoms with Gasteiger partial charge in [0.25, 0.3) is 5.91 Å². The van der Waals surface area contributed by atoms with Crippen LogP contribution in [0.3, 0.4) is 0 Å². The molecule has 1 fully saturated rings. The topological polar surface area (TPSA) is 79.0 Å². The Bertz CT molecular complexity index is 1000. The van der Waals surface area contributed by atoms with Gasteiger partial charge in [0.2, 0.25) is 11.8 Å². The SMILES string of the molecule is COc1ccc(NC(=O)CN2C(=O)C3CCCCN3C(=O)c3ccccc32)c(C)c1. The van der Waals surface area contributed by atoms with Crippen molar-refractivity contribution < 1.29 is 19.1 Å². The predicted octanol–water partition coefficient (Wildman–Crippen LogP) is 2.98.